The number of H-pyrrole nitrogens is 1. The molecule has 2 aromatic carbocycles. The third-order valence-electron chi connectivity index (χ3n) is 9.41. The number of nitrogens with one attached hydrogen (secondary N) is 2. The van der Waals surface area contributed by atoms with Crippen molar-refractivity contribution in [3.05, 3.63) is 78.8 Å². The molecule has 1 atom stereocenters. The van der Waals surface area contributed by atoms with E-state index in [1.807, 2.05) is 54.4 Å². The van der Waals surface area contributed by atoms with Crippen LogP contribution in [0.2, 0.25) is 0 Å². The minimum Gasteiger partial charge on any atom is -0.481 e. The monoisotopic (exact) mass is 661 g/mol. The number of anilines is 1. The number of carbonyl (C=O) groups is 2. The summed E-state index contributed by atoms with van der Waals surface area (Å²) in [5, 5.41) is 15.8. The largest absolute Gasteiger partial charge is 0.481 e. The van der Waals surface area contributed by atoms with Gasteiger partial charge in [-0.05, 0) is 48.2 Å². The van der Waals surface area contributed by atoms with Crippen LogP contribution >= 0.6 is 0 Å². The molecule has 0 bridgehead atoms. The molecule has 0 aliphatic carbocycles. The highest BCUT2D eigenvalue weighted by Crippen LogP contribution is 2.32. The Labute approximate surface area is 283 Å². The normalized spacial score (nSPS) is 18.1. The summed E-state index contributed by atoms with van der Waals surface area (Å²) < 4.78 is 12.9. The van der Waals surface area contributed by atoms with Crippen LogP contribution in [0.15, 0.2) is 73.2 Å². The van der Waals surface area contributed by atoms with Crippen LogP contribution in [0.5, 0.6) is 5.88 Å². The van der Waals surface area contributed by atoms with Gasteiger partial charge in [0.05, 0.1) is 31.2 Å². The second-order valence-corrected chi connectivity index (χ2v) is 12.6. The van der Waals surface area contributed by atoms with Crippen LogP contribution in [0.4, 0.5) is 5.69 Å². The van der Waals surface area contributed by atoms with Crippen LogP contribution < -0.4 is 10.1 Å². The first-order chi connectivity index (χ1) is 23.8. The van der Waals surface area contributed by atoms with E-state index in [9.17, 15) is 9.59 Å². The summed E-state index contributed by atoms with van der Waals surface area (Å²) in [4.78, 5) is 39.1. The molecule has 13 nitrogen and oxygen atoms in total. The van der Waals surface area contributed by atoms with E-state index in [0.29, 0.717) is 56.5 Å². The number of carbonyl (C=O) groups excluding carboxylic acids is 2. The first-order valence-electron chi connectivity index (χ1n) is 16.3. The molecule has 0 unspecified atom stereocenters. The van der Waals surface area contributed by atoms with Gasteiger partial charge in [-0.3, -0.25) is 24.3 Å². The van der Waals surface area contributed by atoms with Gasteiger partial charge in [-0.25, -0.2) is 9.97 Å². The number of aromatic nitrogens is 6. The first kappa shape index (κ1) is 32.2. The van der Waals surface area contributed by atoms with Crippen molar-refractivity contribution in [2.24, 2.45) is 7.05 Å². The molecule has 13 heteroatoms. The van der Waals surface area contributed by atoms with Gasteiger partial charge in [0, 0.05) is 74.8 Å². The van der Waals surface area contributed by atoms with E-state index in [4.69, 9.17) is 9.47 Å². The SMILES string of the molecule is COc1cc(-c2n[nH]c3ccc(NC(=O)C[C@]4(OC)CCN(CC(=O)N5CC=C(c6ccc(-c7ncn(C)n7)cc6)CC5)C4)cc23)ccn1. The van der Waals surface area contributed by atoms with Crippen molar-refractivity contribution >= 4 is 34.0 Å². The molecular formula is C36H39N9O4. The Bertz CT molecular complexity index is 2020. The summed E-state index contributed by atoms with van der Waals surface area (Å²) in [6.07, 6.45) is 7.13. The van der Waals surface area contributed by atoms with E-state index in [-0.39, 0.29) is 18.2 Å². The summed E-state index contributed by atoms with van der Waals surface area (Å²) in [7, 11) is 5.07. The summed E-state index contributed by atoms with van der Waals surface area (Å²) in [6, 6.07) is 17.6. The molecule has 7 rings (SSSR count). The molecule has 1 fully saturated rings. The van der Waals surface area contributed by atoms with Gasteiger partial charge in [-0.15, -0.1) is 0 Å². The van der Waals surface area contributed by atoms with E-state index in [1.165, 1.54) is 5.57 Å². The highest BCUT2D eigenvalue weighted by atomic mass is 16.5. The van der Waals surface area contributed by atoms with Crippen molar-refractivity contribution in [1.82, 2.24) is 39.7 Å². The molecule has 0 spiro atoms. The summed E-state index contributed by atoms with van der Waals surface area (Å²) in [6.45, 7) is 2.71. The van der Waals surface area contributed by atoms with Gasteiger partial charge in [0.25, 0.3) is 0 Å². The average molecular weight is 662 g/mol. The summed E-state index contributed by atoms with van der Waals surface area (Å²) in [5.41, 5.74) is 5.79. The number of hydrogen-bond donors (Lipinski definition) is 2. The number of pyridine rings is 1. The Morgan fingerprint density at radius 3 is 2.57 bits per heavy atom. The second-order valence-electron chi connectivity index (χ2n) is 12.6. The van der Waals surface area contributed by atoms with Crippen molar-refractivity contribution < 1.29 is 19.1 Å². The topological polar surface area (TPSA) is 143 Å². The quantitative estimate of drug-likeness (QED) is 0.226. The minimum absolute atomic E-state index is 0.0827. The molecule has 2 aliphatic rings. The van der Waals surface area contributed by atoms with E-state index in [2.05, 4.69) is 53.7 Å². The zero-order valence-electron chi connectivity index (χ0n) is 27.8. The maximum absolute atomic E-state index is 13.3. The number of rotatable bonds is 10. The third kappa shape index (κ3) is 6.94. The predicted molar refractivity (Wildman–Crippen MR) is 186 cm³/mol. The predicted octanol–water partition coefficient (Wildman–Crippen LogP) is 4.16. The number of likely N-dealkylation sites (tertiary alicyclic amines) is 1. The summed E-state index contributed by atoms with van der Waals surface area (Å²) in [5.74, 6) is 1.13. The van der Waals surface area contributed by atoms with Gasteiger partial charge in [-0.2, -0.15) is 10.2 Å². The van der Waals surface area contributed by atoms with Crippen LogP contribution in [-0.4, -0.2) is 104 Å². The van der Waals surface area contributed by atoms with Gasteiger partial charge in [0.1, 0.15) is 12.0 Å². The lowest BCUT2D eigenvalue weighted by molar-refractivity contribution is -0.132. The Balaban J connectivity index is 0.931. The zero-order valence-corrected chi connectivity index (χ0v) is 27.8. The number of benzene rings is 2. The van der Waals surface area contributed by atoms with Crippen LogP contribution in [0.25, 0.3) is 39.1 Å². The highest BCUT2D eigenvalue weighted by Gasteiger charge is 2.41. The number of hydrogen-bond acceptors (Lipinski definition) is 9. The van der Waals surface area contributed by atoms with Gasteiger partial charge in [0.2, 0.25) is 17.7 Å². The number of ether oxygens (including phenoxy) is 2. The molecule has 252 valence electrons. The van der Waals surface area contributed by atoms with E-state index in [1.54, 1.807) is 31.4 Å². The lowest BCUT2D eigenvalue weighted by Crippen LogP contribution is -2.44. The fourth-order valence-corrected chi connectivity index (χ4v) is 6.68. The number of nitrogens with zero attached hydrogens (tertiary/aromatic N) is 7. The fourth-order valence-electron chi connectivity index (χ4n) is 6.68. The average Bonchev–Trinajstić information content (AvgIpc) is 3.87. The fraction of sp³-hybridized carbons (Fsp3) is 0.333. The molecule has 49 heavy (non-hydrogen) atoms. The van der Waals surface area contributed by atoms with Crippen molar-refractivity contribution in [2.75, 3.05) is 52.3 Å². The van der Waals surface area contributed by atoms with Gasteiger partial charge in [0.15, 0.2) is 5.82 Å². The first-order valence-corrected chi connectivity index (χ1v) is 16.3. The Hall–Kier alpha value is -5.40. The number of fused-ring (bicyclic) bond motifs is 1. The summed E-state index contributed by atoms with van der Waals surface area (Å²) >= 11 is 0. The number of amides is 2. The molecule has 1 saturated heterocycles. The Kier molecular flexibility index (Phi) is 8.93. The Morgan fingerprint density at radius 2 is 1.84 bits per heavy atom. The van der Waals surface area contributed by atoms with Crippen LogP contribution in [0.1, 0.15) is 24.8 Å². The smallest absolute Gasteiger partial charge is 0.237 e. The second kappa shape index (κ2) is 13.6. The molecule has 2 N–H and O–H groups in total. The standard InChI is InChI=1S/C36H39N9O4/c1-43-23-38-35(42-43)26-6-4-24(5-7-26)25-11-15-45(16-12-25)33(47)21-44-17-13-36(22-44,49-3)20-31(46)39-28-8-9-30-29(19-28)34(41-40-30)27-10-14-37-32(18-27)48-2/h4-11,14,18-19,23H,12-13,15-17,20-22H2,1-3H3,(H,39,46)(H,40,41)/t36-/m1/s1. The van der Waals surface area contributed by atoms with Gasteiger partial charge < -0.3 is 19.7 Å². The van der Waals surface area contributed by atoms with Gasteiger partial charge >= 0.3 is 0 Å². The third-order valence-corrected chi connectivity index (χ3v) is 9.41. The molecule has 2 aliphatic heterocycles. The lowest BCUT2D eigenvalue weighted by Gasteiger charge is -2.30. The van der Waals surface area contributed by atoms with Crippen LogP contribution in [0, 0.1) is 0 Å². The molecular weight excluding hydrogens is 622 g/mol. The van der Waals surface area contributed by atoms with Crippen LogP contribution in [-0.2, 0) is 21.4 Å². The zero-order chi connectivity index (χ0) is 34.0. The van der Waals surface area contributed by atoms with E-state index in [0.717, 1.165) is 39.7 Å². The van der Waals surface area contributed by atoms with Crippen molar-refractivity contribution in [3.8, 4) is 28.5 Å². The number of aromatic amines is 1. The molecule has 3 aromatic heterocycles. The number of aryl methyl sites for hydroxylation is 1. The molecule has 0 saturated carbocycles. The van der Waals surface area contributed by atoms with Crippen molar-refractivity contribution in [2.45, 2.75) is 24.9 Å². The maximum Gasteiger partial charge on any atom is 0.237 e. The van der Waals surface area contributed by atoms with Gasteiger partial charge in [-0.1, -0.05) is 30.3 Å². The number of methoxy groups -OCH3 is 2. The maximum atomic E-state index is 13.3. The van der Waals surface area contributed by atoms with Crippen LogP contribution in [0.3, 0.4) is 0 Å². The highest BCUT2D eigenvalue weighted by molar-refractivity contribution is 5.98. The minimum atomic E-state index is -0.672. The van der Waals surface area contributed by atoms with Crippen molar-refractivity contribution in [3.63, 3.8) is 0 Å². The lowest BCUT2D eigenvalue weighted by atomic mass is 9.98. The Morgan fingerprint density at radius 1 is 1.00 bits per heavy atom. The molecule has 5 heterocycles. The van der Waals surface area contributed by atoms with Crippen molar-refractivity contribution in [1.29, 1.82) is 0 Å². The van der Waals surface area contributed by atoms with E-state index >= 15 is 0 Å². The van der Waals surface area contributed by atoms with E-state index < -0.39 is 5.60 Å². The molecule has 5 aromatic rings. The molecule has 0 radical (unpaired) electrons. The molecule has 2 amide bonds.